The summed E-state index contributed by atoms with van der Waals surface area (Å²) in [5.41, 5.74) is 1.13. The Bertz CT molecular complexity index is 1120. The SMILES string of the molecule is COc1ccc(C2/C(=C(/O)c3cccc(Cl)c3)C(=O)C(=O)N2Cc2cccs2)cc1. The van der Waals surface area contributed by atoms with Crippen LogP contribution in [0.3, 0.4) is 0 Å². The highest BCUT2D eigenvalue weighted by Crippen LogP contribution is 2.41. The van der Waals surface area contributed by atoms with Crippen molar-refractivity contribution in [2.75, 3.05) is 7.11 Å². The molecule has 1 aliphatic rings. The second-order valence-corrected chi connectivity index (χ2v) is 8.26. The Balaban J connectivity index is 1.86. The number of benzene rings is 2. The summed E-state index contributed by atoms with van der Waals surface area (Å²) in [7, 11) is 1.57. The molecule has 0 radical (unpaired) electrons. The van der Waals surface area contributed by atoms with Gasteiger partial charge in [-0.05, 0) is 41.3 Å². The first-order chi connectivity index (χ1) is 14.5. The van der Waals surface area contributed by atoms with E-state index in [0.717, 1.165) is 4.88 Å². The number of nitrogens with zero attached hydrogens (tertiary/aromatic N) is 1. The van der Waals surface area contributed by atoms with Crippen LogP contribution in [0.15, 0.2) is 71.6 Å². The highest BCUT2D eigenvalue weighted by Gasteiger charge is 2.46. The number of rotatable bonds is 5. The van der Waals surface area contributed by atoms with E-state index in [1.54, 1.807) is 55.6 Å². The molecular weight excluding hydrogens is 422 g/mol. The summed E-state index contributed by atoms with van der Waals surface area (Å²) in [6, 6.07) is 16.8. The molecule has 1 atom stereocenters. The van der Waals surface area contributed by atoms with E-state index in [-0.39, 0.29) is 17.9 Å². The number of aliphatic hydroxyl groups excluding tert-OH is 1. The van der Waals surface area contributed by atoms with Crippen LogP contribution >= 0.6 is 22.9 Å². The Kier molecular flexibility index (Phi) is 5.61. The third-order valence-electron chi connectivity index (χ3n) is 4.98. The van der Waals surface area contributed by atoms with Gasteiger partial charge in [-0.2, -0.15) is 0 Å². The van der Waals surface area contributed by atoms with Crippen LogP contribution in [0.4, 0.5) is 0 Å². The van der Waals surface area contributed by atoms with E-state index >= 15 is 0 Å². The third kappa shape index (κ3) is 3.72. The fourth-order valence-corrected chi connectivity index (χ4v) is 4.43. The Labute approximate surface area is 182 Å². The van der Waals surface area contributed by atoms with Crippen LogP contribution in [0.5, 0.6) is 5.75 Å². The molecule has 152 valence electrons. The molecule has 1 unspecified atom stereocenters. The second-order valence-electron chi connectivity index (χ2n) is 6.79. The lowest BCUT2D eigenvalue weighted by molar-refractivity contribution is -0.140. The number of likely N-dealkylation sites (tertiary alicyclic amines) is 1. The molecule has 0 bridgehead atoms. The molecule has 7 heteroatoms. The third-order valence-corrected chi connectivity index (χ3v) is 6.07. The van der Waals surface area contributed by atoms with Gasteiger partial charge in [0.2, 0.25) is 0 Å². The first kappa shape index (κ1) is 20.2. The molecule has 1 amide bonds. The largest absolute Gasteiger partial charge is 0.507 e. The number of ketones is 1. The lowest BCUT2D eigenvalue weighted by atomic mass is 9.95. The van der Waals surface area contributed by atoms with Gasteiger partial charge in [-0.15, -0.1) is 11.3 Å². The van der Waals surface area contributed by atoms with E-state index in [1.165, 1.54) is 16.2 Å². The number of methoxy groups -OCH3 is 1. The van der Waals surface area contributed by atoms with Gasteiger partial charge >= 0.3 is 0 Å². The van der Waals surface area contributed by atoms with Crippen LogP contribution in [0.1, 0.15) is 22.0 Å². The van der Waals surface area contributed by atoms with Gasteiger partial charge in [0.25, 0.3) is 11.7 Å². The van der Waals surface area contributed by atoms with Crippen LogP contribution in [0.2, 0.25) is 5.02 Å². The predicted octanol–water partition coefficient (Wildman–Crippen LogP) is 5.03. The van der Waals surface area contributed by atoms with Crippen LogP contribution in [-0.2, 0) is 16.1 Å². The molecule has 3 aromatic rings. The number of thiophene rings is 1. The Morgan fingerprint density at radius 3 is 2.53 bits per heavy atom. The number of halogens is 1. The fourth-order valence-electron chi connectivity index (χ4n) is 3.54. The normalized spacial score (nSPS) is 18.1. The van der Waals surface area contributed by atoms with Crippen molar-refractivity contribution in [3.63, 3.8) is 0 Å². The molecule has 1 saturated heterocycles. The number of hydrogen-bond acceptors (Lipinski definition) is 5. The molecule has 2 aromatic carbocycles. The maximum atomic E-state index is 13.0. The molecular formula is C23H18ClNO4S. The zero-order valence-electron chi connectivity index (χ0n) is 16.0. The maximum Gasteiger partial charge on any atom is 0.295 e. The standard InChI is InChI=1S/C23H18ClNO4S/c1-29-17-9-7-14(8-10-17)20-19(21(26)15-4-2-5-16(24)12-15)22(27)23(28)25(20)13-18-6-3-11-30-18/h2-12,20,26H,13H2,1H3/b21-19-. The minimum atomic E-state index is -0.725. The minimum Gasteiger partial charge on any atom is -0.507 e. The van der Waals surface area contributed by atoms with Gasteiger partial charge < -0.3 is 14.7 Å². The number of carbonyl (C=O) groups excluding carboxylic acids is 2. The van der Waals surface area contributed by atoms with Crippen LogP contribution in [-0.4, -0.2) is 28.8 Å². The molecule has 4 rings (SSSR count). The van der Waals surface area contributed by atoms with Gasteiger partial charge in [-0.1, -0.05) is 41.9 Å². The van der Waals surface area contributed by atoms with E-state index in [2.05, 4.69) is 0 Å². The zero-order chi connectivity index (χ0) is 21.3. The van der Waals surface area contributed by atoms with Crippen molar-refractivity contribution in [3.05, 3.63) is 92.6 Å². The van der Waals surface area contributed by atoms with E-state index in [4.69, 9.17) is 16.3 Å². The summed E-state index contributed by atoms with van der Waals surface area (Å²) in [6.45, 7) is 0.269. The highest BCUT2D eigenvalue weighted by molar-refractivity contribution is 7.09. The molecule has 5 nitrogen and oxygen atoms in total. The number of amides is 1. The Hall–Kier alpha value is -3.09. The summed E-state index contributed by atoms with van der Waals surface area (Å²) >= 11 is 7.57. The molecule has 0 aliphatic carbocycles. The van der Waals surface area contributed by atoms with Crippen LogP contribution in [0.25, 0.3) is 5.76 Å². The smallest absolute Gasteiger partial charge is 0.295 e. The van der Waals surface area contributed by atoms with E-state index in [1.807, 2.05) is 17.5 Å². The molecule has 0 spiro atoms. The summed E-state index contributed by atoms with van der Waals surface area (Å²) < 4.78 is 5.22. The van der Waals surface area contributed by atoms with Gasteiger partial charge in [-0.3, -0.25) is 9.59 Å². The quantitative estimate of drug-likeness (QED) is 0.344. The van der Waals surface area contributed by atoms with Crippen molar-refractivity contribution in [3.8, 4) is 5.75 Å². The van der Waals surface area contributed by atoms with Crippen molar-refractivity contribution in [2.45, 2.75) is 12.6 Å². The first-order valence-electron chi connectivity index (χ1n) is 9.20. The van der Waals surface area contributed by atoms with Gasteiger partial charge in [0.1, 0.15) is 11.5 Å². The molecule has 1 N–H and O–H groups in total. The molecule has 2 heterocycles. The van der Waals surface area contributed by atoms with E-state index in [0.29, 0.717) is 21.9 Å². The minimum absolute atomic E-state index is 0.0454. The van der Waals surface area contributed by atoms with Crippen LogP contribution < -0.4 is 4.74 Å². The molecule has 1 aliphatic heterocycles. The first-order valence-corrected chi connectivity index (χ1v) is 10.5. The Morgan fingerprint density at radius 1 is 1.13 bits per heavy atom. The number of ether oxygens (including phenoxy) is 1. The molecule has 1 aromatic heterocycles. The molecule has 1 fully saturated rings. The summed E-state index contributed by atoms with van der Waals surface area (Å²) in [4.78, 5) is 28.4. The van der Waals surface area contributed by atoms with Crippen molar-refractivity contribution in [1.29, 1.82) is 0 Å². The topological polar surface area (TPSA) is 66.8 Å². The van der Waals surface area contributed by atoms with Crippen molar-refractivity contribution >= 4 is 40.4 Å². The van der Waals surface area contributed by atoms with Crippen molar-refractivity contribution in [1.82, 2.24) is 4.90 Å². The maximum absolute atomic E-state index is 13.0. The van der Waals surface area contributed by atoms with Gasteiger partial charge in [0, 0.05) is 15.5 Å². The molecule has 0 saturated carbocycles. The second kappa shape index (κ2) is 8.34. The summed E-state index contributed by atoms with van der Waals surface area (Å²) in [5, 5.41) is 13.3. The van der Waals surface area contributed by atoms with E-state index < -0.39 is 17.7 Å². The highest BCUT2D eigenvalue weighted by atomic mass is 35.5. The van der Waals surface area contributed by atoms with Crippen molar-refractivity contribution in [2.24, 2.45) is 0 Å². The summed E-state index contributed by atoms with van der Waals surface area (Å²) in [6.07, 6.45) is 0. The Morgan fingerprint density at radius 2 is 1.90 bits per heavy atom. The lowest BCUT2D eigenvalue weighted by Gasteiger charge is -2.25. The van der Waals surface area contributed by atoms with Gasteiger partial charge in [0.15, 0.2) is 0 Å². The fraction of sp³-hybridized carbons (Fsp3) is 0.130. The average molecular weight is 440 g/mol. The van der Waals surface area contributed by atoms with Crippen molar-refractivity contribution < 1.29 is 19.4 Å². The monoisotopic (exact) mass is 439 g/mol. The number of carbonyl (C=O) groups is 2. The van der Waals surface area contributed by atoms with E-state index in [9.17, 15) is 14.7 Å². The predicted molar refractivity (Wildman–Crippen MR) is 117 cm³/mol. The number of hydrogen-bond donors (Lipinski definition) is 1. The van der Waals surface area contributed by atoms with Gasteiger partial charge in [-0.25, -0.2) is 0 Å². The molecule has 30 heavy (non-hydrogen) atoms. The average Bonchev–Trinajstić information content (AvgIpc) is 3.36. The van der Waals surface area contributed by atoms with Crippen LogP contribution in [0, 0.1) is 0 Å². The number of Topliss-reactive ketones (excluding diaryl/α,β-unsaturated/α-hetero) is 1. The lowest BCUT2D eigenvalue weighted by Crippen LogP contribution is -2.28. The summed E-state index contributed by atoms with van der Waals surface area (Å²) in [5.74, 6) is -0.952. The zero-order valence-corrected chi connectivity index (χ0v) is 17.6. The number of aliphatic hydroxyl groups is 1. The van der Waals surface area contributed by atoms with Gasteiger partial charge in [0.05, 0.1) is 25.3 Å².